The predicted octanol–water partition coefficient (Wildman–Crippen LogP) is 5.52. The molecule has 0 unspecified atom stereocenters. The van der Waals surface area contributed by atoms with Gasteiger partial charge < -0.3 is 5.32 Å². The lowest BCUT2D eigenvalue weighted by Gasteiger charge is -2.12. The monoisotopic (exact) mass is 390 g/mol. The molecule has 0 aromatic heterocycles. The summed E-state index contributed by atoms with van der Waals surface area (Å²) < 4.78 is 28.2. The second-order valence-electron chi connectivity index (χ2n) is 4.13. The van der Waals surface area contributed by atoms with Crippen LogP contribution >= 0.6 is 39.1 Å². The number of rotatable bonds is 3. The van der Waals surface area contributed by atoms with Crippen molar-refractivity contribution in [2.45, 2.75) is 6.54 Å². The van der Waals surface area contributed by atoms with Crippen LogP contribution in [0.1, 0.15) is 11.1 Å². The molecule has 0 atom stereocenters. The normalized spacial score (nSPS) is 10.3. The van der Waals surface area contributed by atoms with E-state index in [-0.39, 0.29) is 17.7 Å². The molecule has 0 saturated heterocycles. The van der Waals surface area contributed by atoms with Gasteiger partial charge in [0, 0.05) is 16.6 Å². The summed E-state index contributed by atoms with van der Waals surface area (Å²) in [5.41, 5.74) is 0.113. The molecule has 0 fully saturated rings. The SMILES string of the molecule is N#Cc1cc(F)c(CNc2c(Cl)cc(Br)cc2Cl)c(F)c1. The number of anilines is 1. The molecule has 1 N–H and O–H groups in total. The average Bonchev–Trinajstić information content (AvgIpc) is 2.39. The Morgan fingerprint density at radius 3 is 2.10 bits per heavy atom. The van der Waals surface area contributed by atoms with Crippen molar-refractivity contribution in [1.29, 1.82) is 5.26 Å². The van der Waals surface area contributed by atoms with Gasteiger partial charge in [0.15, 0.2) is 0 Å². The number of nitriles is 1. The number of hydrogen-bond acceptors (Lipinski definition) is 2. The van der Waals surface area contributed by atoms with E-state index < -0.39 is 11.6 Å². The Balaban J connectivity index is 2.28. The standard InChI is InChI=1S/C14H7BrCl2F2N2/c15-8-3-10(16)14(11(17)4-8)21-6-9-12(18)1-7(5-20)2-13(9)19/h1-4,21H,6H2. The molecule has 2 aromatic carbocycles. The van der Waals surface area contributed by atoms with Gasteiger partial charge in [-0.2, -0.15) is 5.26 Å². The van der Waals surface area contributed by atoms with Crippen LogP contribution in [0.4, 0.5) is 14.5 Å². The van der Waals surface area contributed by atoms with E-state index in [1.54, 1.807) is 18.2 Å². The highest BCUT2D eigenvalue weighted by Crippen LogP contribution is 2.34. The van der Waals surface area contributed by atoms with Crippen LogP contribution < -0.4 is 5.32 Å². The molecule has 0 radical (unpaired) electrons. The fourth-order valence-electron chi connectivity index (χ4n) is 1.72. The fourth-order valence-corrected chi connectivity index (χ4v) is 3.07. The Morgan fingerprint density at radius 2 is 1.62 bits per heavy atom. The van der Waals surface area contributed by atoms with E-state index in [1.165, 1.54) is 0 Å². The van der Waals surface area contributed by atoms with Crippen LogP contribution in [0.2, 0.25) is 10.0 Å². The number of nitrogens with one attached hydrogen (secondary N) is 1. The van der Waals surface area contributed by atoms with Crippen molar-refractivity contribution in [2.75, 3.05) is 5.32 Å². The minimum Gasteiger partial charge on any atom is -0.378 e. The van der Waals surface area contributed by atoms with Gasteiger partial charge in [-0.3, -0.25) is 0 Å². The first-order chi connectivity index (χ1) is 9.92. The van der Waals surface area contributed by atoms with Gasteiger partial charge in [-0.25, -0.2) is 8.78 Å². The van der Waals surface area contributed by atoms with E-state index in [1.807, 2.05) is 0 Å². The van der Waals surface area contributed by atoms with E-state index in [4.69, 9.17) is 28.5 Å². The molecule has 7 heteroatoms. The molecule has 0 bridgehead atoms. The Kier molecular flexibility index (Phi) is 5.04. The third-order valence-corrected chi connectivity index (χ3v) is 3.77. The maximum absolute atomic E-state index is 13.8. The molecule has 0 aliphatic heterocycles. The predicted molar refractivity (Wildman–Crippen MR) is 82.6 cm³/mol. The highest BCUT2D eigenvalue weighted by Gasteiger charge is 2.13. The van der Waals surface area contributed by atoms with Crippen LogP contribution in [-0.4, -0.2) is 0 Å². The molecule has 2 rings (SSSR count). The molecular formula is C14H7BrCl2F2N2. The van der Waals surface area contributed by atoms with Crippen molar-refractivity contribution >= 4 is 44.8 Å². The summed E-state index contributed by atoms with van der Waals surface area (Å²) in [6.45, 7) is -0.148. The Bertz CT molecular complexity index is 698. The molecule has 0 aliphatic rings. The number of nitrogens with zero attached hydrogens (tertiary/aromatic N) is 1. The summed E-state index contributed by atoms with van der Waals surface area (Å²) in [4.78, 5) is 0. The highest BCUT2D eigenvalue weighted by atomic mass is 79.9. The largest absolute Gasteiger partial charge is 0.378 e. The van der Waals surface area contributed by atoms with Gasteiger partial charge in [-0.1, -0.05) is 39.1 Å². The summed E-state index contributed by atoms with van der Waals surface area (Å²) in [5, 5.41) is 12.1. The Hall–Kier alpha value is -1.35. The van der Waals surface area contributed by atoms with Crippen LogP contribution in [0.15, 0.2) is 28.7 Å². The van der Waals surface area contributed by atoms with E-state index in [0.29, 0.717) is 20.2 Å². The summed E-state index contributed by atoms with van der Waals surface area (Å²) in [6, 6.07) is 6.87. The molecule has 0 heterocycles. The van der Waals surface area contributed by atoms with Crippen molar-refractivity contribution in [3.63, 3.8) is 0 Å². The first-order valence-electron chi connectivity index (χ1n) is 5.69. The summed E-state index contributed by atoms with van der Waals surface area (Å²) in [7, 11) is 0. The molecule has 0 aliphatic carbocycles. The van der Waals surface area contributed by atoms with Gasteiger partial charge in [0.1, 0.15) is 11.6 Å². The lowest BCUT2D eigenvalue weighted by atomic mass is 10.1. The summed E-state index contributed by atoms with van der Waals surface area (Å²) >= 11 is 15.3. The molecule has 0 spiro atoms. The molecular weight excluding hydrogens is 385 g/mol. The van der Waals surface area contributed by atoms with Crippen molar-refractivity contribution in [3.05, 3.63) is 61.5 Å². The quantitative estimate of drug-likeness (QED) is 0.747. The van der Waals surface area contributed by atoms with Crippen LogP contribution in [0.3, 0.4) is 0 Å². The second-order valence-corrected chi connectivity index (χ2v) is 5.86. The molecule has 0 saturated carbocycles. The zero-order valence-electron chi connectivity index (χ0n) is 10.4. The van der Waals surface area contributed by atoms with Crippen LogP contribution in [0.5, 0.6) is 0 Å². The highest BCUT2D eigenvalue weighted by molar-refractivity contribution is 9.10. The lowest BCUT2D eigenvalue weighted by Crippen LogP contribution is -2.06. The van der Waals surface area contributed by atoms with Crippen LogP contribution in [0, 0.1) is 23.0 Å². The van der Waals surface area contributed by atoms with Gasteiger partial charge >= 0.3 is 0 Å². The Labute approximate surface area is 138 Å². The summed E-state index contributed by atoms with van der Waals surface area (Å²) in [6.07, 6.45) is 0. The van der Waals surface area contributed by atoms with Gasteiger partial charge in [-0.05, 0) is 24.3 Å². The average molecular weight is 392 g/mol. The number of halogens is 5. The summed E-state index contributed by atoms with van der Waals surface area (Å²) in [5.74, 6) is -1.60. The van der Waals surface area contributed by atoms with Crippen LogP contribution in [-0.2, 0) is 6.54 Å². The first kappa shape index (κ1) is 16.0. The topological polar surface area (TPSA) is 35.8 Å². The van der Waals surface area contributed by atoms with Gasteiger partial charge in [0.05, 0.1) is 27.4 Å². The fraction of sp³-hybridized carbons (Fsp3) is 0.0714. The maximum Gasteiger partial charge on any atom is 0.132 e. The Morgan fingerprint density at radius 1 is 1.10 bits per heavy atom. The van der Waals surface area contributed by atoms with Crippen molar-refractivity contribution in [3.8, 4) is 6.07 Å². The van der Waals surface area contributed by atoms with E-state index in [9.17, 15) is 8.78 Å². The van der Waals surface area contributed by atoms with E-state index >= 15 is 0 Å². The van der Waals surface area contributed by atoms with Crippen LogP contribution in [0.25, 0.3) is 0 Å². The van der Waals surface area contributed by atoms with E-state index in [2.05, 4.69) is 21.2 Å². The lowest BCUT2D eigenvalue weighted by molar-refractivity contribution is 0.559. The minimum absolute atomic E-state index is 0.0755. The second kappa shape index (κ2) is 6.61. The molecule has 2 aromatic rings. The first-order valence-corrected chi connectivity index (χ1v) is 7.23. The zero-order valence-corrected chi connectivity index (χ0v) is 13.5. The maximum atomic E-state index is 13.8. The van der Waals surface area contributed by atoms with Gasteiger partial charge in [-0.15, -0.1) is 0 Å². The zero-order chi connectivity index (χ0) is 15.6. The van der Waals surface area contributed by atoms with Gasteiger partial charge in [0.25, 0.3) is 0 Å². The molecule has 108 valence electrons. The minimum atomic E-state index is -0.802. The third kappa shape index (κ3) is 3.65. The van der Waals surface area contributed by atoms with Gasteiger partial charge in [0.2, 0.25) is 0 Å². The van der Waals surface area contributed by atoms with E-state index in [0.717, 1.165) is 12.1 Å². The number of hydrogen-bond donors (Lipinski definition) is 1. The third-order valence-electron chi connectivity index (χ3n) is 2.72. The number of benzene rings is 2. The molecule has 0 amide bonds. The molecule has 21 heavy (non-hydrogen) atoms. The van der Waals surface area contributed by atoms with Crippen molar-refractivity contribution in [1.82, 2.24) is 0 Å². The van der Waals surface area contributed by atoms with Crippen molar-refractivity contribution < 1.29 is 8.78 Å². The van der Waals surface area contributed by atoms with Crippen molar-refractivity contribution in [2.24, 2.45) is 0 Å². The smallest absolute Gasteiger partial charge is 0.132 e. The molecule has 2 nitrogen and oxygen atoms in total.